The van der Waals surface area contributed by atoms with E-state index in [1.54, 1.807) is 29.1 Å². The molecule has 6 heteroatoms. The topological polar surface area (TPSA) is 64.2 Å². The van der Waals surface area contributed by atoms with Crippen molar-refractivity contribution in [2.75, 3.05) is 11.9 Å². The Labute approximate surface area is 105 Å². The van der Waals surface area contributed by atoms with Crippen molar-refractivity contribution in [1.29, 1.82) is 0 Å². The zero-order chi connectivity index (χ0) is 13.1. The molecule has 0 amide bonds. The van der Waals surface area contributed by atoms with Crippen LogP contribution in [0.2, 0.25) is 0 Å². The number of benzene rings is 1. The number of nitro groups is 1. The number of aromatic nitrogens is 2. The Morgan fingerprint density at radius 3 is 2.78 bits per heavy atom. The van der Waals surface area contributed by atoms with Gasteiger partial charge < -0.3 is 4.90 Å². The highest BCUT2D eigenvalue weighted by Gasteiger charge is 2.16. The van der Waals surface area contributed by atoms with Crippen molar-refractivity contribution in [3.63, 3.8) is 0 Å². The third kappa shape index (κ3) is 2.48. The minimum Gasteiger partial charge on any atom is -0.365 e. The molecule has 0 radical (unpaired) electrons. The summed E-state index contributed by atoms with van der Waals surface area (Å²) in [4.78, 5) is 12.4. The molecule has 0 aliphatic rings. The van der Waals surface area contributed by atoms with Gasteiger partial charge in [-0.15, -0.1) is 0 Å². The summed E-state index contributed by atoms with van der Waals surface area (Å²) in [7, 11) is 3.67. The molecule has 1 aromatic heterocycles. The molecule has 0 N–H and O–H groups in total. The molecule has 2 rings (SSSR count). The highest BCUT2D eigenvalue weighted by atomic mass is 16.6. The molecule has 2 aromatic rings. The van der Waals surface area contributed by atoms with E-state index in [0.29, 0.717) is 12.2 Å². The molecule has 0 fully saturated rings. The Morgan fingerprint density at radius 1 is 1.44 bits per heavy atom. The van der Waals surface area contributed by atoms with Gasteiger partial charge in [0.15, 0.2) is 0 Å². The van der Waals surface area contributed by atoms with Crippen LogP contribution in [0.15, 0.2) is 36.7 Å². The number of rotatable bonds is 4. The van der Waals surface area contributed by atoms with Crippen LogP contribution in [-0.4, -0.2) is 21.8 Å². The second kappa shape index (κ2) is 4.87. The minimum atomic E-state index is -0.366. The van der Waals surface area contributed by atoms with Crippen molar-refractivity contribution < 1.29 is 4.92 Å². The van der Waals surface area contributed by atoms with Crippen LogP contribution in [0.5, 0.6) is 0 Å². The van der Waals surface area contributed by atoms with E-state index in [9.17, 15) is 10.1 Å². The van der Waals surface area contributed by atoms with Crippen molar-refractivity contribution in [1.82, 2.24) is 9.78 Å². The van der Waals surface area contributed by atoms with E-state index in [2.05, 4.69) is 5.10 Å². The lowest BCUT2D eigenvalue weighted by Gasteiger charge is -2.17. The largest absolute Gasteiger partial charge is 0.365 e. The molecule has 0 saturated heterocycles. The van der Waals surface area contributed by atoms with Gasteiger partial charge in [-0.3, -0.25) is 14.8 Å². The maximum absolute atomic E-state index is 10.9. The van der Waals surface area contributed by atoms with Crippen molar-refractivity contribution >= 4 is 11.4 Å². The molecule has 6 nitrogen and oxygen atoms in total. The van der Waals surface area contributed by atoms with Gasteiger partial charge in [-0.1, -0.05) is 12.1 Å². The van der Waals surface area contributed by atoms with E-state index in [1.165, 1.54) is 6.07 Å². The Hall–Kier alpha value is -2.37. The lowest BCUT2D eigenvalue weighted by atomic mass is 10.2. The maximum Gasteiger partial charge on any atom is 0.292 e. The van der Waals surface area contributed by atoms with Gasteiger partial charge in [0.2, 0.25) is 0 Å². The number of nitrogens with zero attached hydrogens (tertiary/aromatic N) is 4. The molecule has 0 saturated carbocycles. The average Bonchev–Trinajstić information content (AvgIpc) is 2.74. The van der Waals surface area contributed by atoms with Crippen LogP contribution in [0, 0.1) is 10.1 Å². The number of para-hydroxylation sites is 2. The van der Waals surface area contributed by atoms with E-state index >= 15 is 0 Å². The van der Waals surface area contributed by atoms with E-state index in [4.69, 9.17) is 0 Å². The van der Waals surface area contributed by atoms with Gasteiger partial charge in [0.05, 0.1) is 11.1 Å². The molecule has 0 aliphatic carbocycles. The van der Waals surface area contributed by atoms with E-state index < -0.39 is 0 Å². The van der Waals surface area contributed by atoms with Crippen LogP contribution in [-0.2, 0) is 13.6 Å². The molecule has 18 heavy (non-hydrogen) atoms. The predicted octanol–water partition coefficient (Wildman–Crippen LogP) is 1.96. The summed E-state index contributed by atoms with van der Waals surface area (Å²) in [5, 5.41) is 15.0. The first-order valence-electron chi connectivity index (χ1n) is 5.50. The van der Waals surface area contributed by atoms with Crippen LogP contribution < -0.4 is 4.90 Å². The Balaban J connectivity index is 2.23. The first-order chi connectivity index (χ1) is 8.58. The standard InChI is InChI=1S/C12H14N4O2/c1-14(8-10-7-13-15(2)9-10)11-5-3-4-6-12(11)16(17)18/h3-7,9H,8H2,1-2H3. The summed E-state index contributed by atoms with van der Waals surface area (Å²) >= 11 is 0. The van der Waals surface area contributed by atoms with Crippen LogP contribution in [0.1, 0.15) is 5.56 Å². The van der Waals surface area contributed by atoms with Crippen LogP contribution in [0.4, 0.5) is 11.4 Å². The summed E-state index contributed by atoms with van der Waals surface area (Å²) in [6.45, 7) is 0.582. The van der Waals surface area contributed by atoms with Crippen molar-refractivity contribution in [3.05, 3.63) is 52.3 Å². The van der Waals surface area contributed by atoms with Gasteiger partial charge in [0.25, 0.3) is 5.69 Å². The predicted molar refractivity (Wildman–Crippen MR) is 68.4 cm³/mol. The van der Waals surface area contributed by atoms with Crippen molar-refractivity contribution in [3.8, 4) is 0 Å². The third-order valence-corrected chi connectivity index (χ3v) is 2.67. The third-order valence-electron chi connectivity index (χ3n) is 2.67. The van der Waals surface area contributed by atoms with Crippen LogP contribution in [0.3, 0.4) is 0 Å². The molecule has 0 unspecified atom stereocenters. The lowest BCUT2D eigenvalue weighted by Crippen LogP contribution is -2.17. The van der Waals surface area contributed by atoms with E-state index in [1.807, 2.05) is 25.2 Å². The molecule has 0 bridgehead atoms. The van der Waals surface area contributed by atoms with Gasteiger partial charge in [0.1, 0.15) is 5.69 Å². The second-order valence-corrected chi connectivity index (χ2v) is 4.12. The number of aryl methyl sites for hydroxylation is 1. The smallest absolute Gasteiger partial charge is 0.292 e. The SMILES string of the molecule is CN(Cc1cnn(C)c1)c1ccccc1[N+](=O)[O-]. The first kappa shape index (κ1) is 12.1. The molecule has 94 valence electrons. The maximum atomic E-state index is 10.9. The van der Waals surface area contributed by atoms with E-state index in [0.717, 1.165) is 5.56 Å². The summed E-state index contributed by atoms with van der Waals surface area (Å²) in [5.41, 5.74) is 1.73. The fraction of sp³-hybridized carbons (Fsp3) is 0.250. The molecular formula is C12H14N4O2. The van der Waals surface area contributed by atoms with Crippen molar-refractivity contribution in [2.24, 2.45) is 7.05 Å². The summed E-state index contributed by atoms with van der Waals surface area (Å²) in [6.07, 6.45) is 3.65. The number of nitro benzene ring substituents is 1. The number of anilines is 1. The Bertz CT molecular complexity index is 565. The zero-order valence-electron chi connectivity index (χ0n) is 10.3. The summed E-state index contributed by atoms with van der Waals surface area (Å²) in [6, 6.07) is 6.71. The average molecular weight is 246 g/mol. The molecule has 1 aromatic carbocycles. The van der Waals surface area contributed by atoms with Gasteiger partial charge >= 0.3 is 0 Å². The lowest BCUT2D eigenvalue weighted by molar-refractivity contribution is -0.384. The summed E-state index contributed by atoms with van der Waals surface area (Å²) < 4.78 is 1.71. The molecule has 0 atom stereocenters. The van der Waals surface area contributed by atoms with Gasteiger partial charge in [-0.25, -0.2) is 0 Å². The first-order valence-corrected chi connectivity index (χ1v) is 5.50. The summed E-state index contributed by atoms with van der Waals surface area (Å²) in [5.74, 6) is 0. The minimum absolute atomic E-state index is 0.115. The molecule has 0 aliphatic heterocycles. The second-order valence-electron chi connectivity index (χ2n) is 4.12. The fourth-order valence-electron chi connectivity index (χ4n) is 1.85. The Kier molecular flexibility index (Phi) is 3.27. The normalized spacial score (nSPS) is 10.3. The van der Waals surface area contributed by atoms with Crippen LogP contribution >= 0.6 is 0 Å². The van der Waals surface area contributed by atoms with Crippen LogP contribution in [0.25, 0.3) is 0 Å². The number of hydrogen-bond donors (Lipinski definition) is 0. The highest BCUT2D eigenvalue weighted by molar-refractivity contribution is 5.62. The quantitative estimate of drug-likeness (QED) is 0.611. The highest BCUT2D eigenvalue weighted by Crippen LogP contribution is 2.27. The fourth-order valence-corrected chi connectivity index (χ4v) is 1.85. The zero-order valence-corrected chi connectivity index (χ0v) is 10.3. The number of hydrogen-bond acceptors (Lipinski definition) is 4. The molecule has 0 spiro atoms. The molecule has 1 heterocycles. The monoisotopic (exact) mass is 246 g/mol. The van der Waals surface area contributed by atoms with Gasteiger partial charge in [-0.05, 0) is 6.07 Å². The van der Waals surface area contributed by atoms with Gasteiger partial charge in [-0.2, -0.15) is 5.10 Å². The van der Waals surface area contributed by atoms with Gasteiger partial charge in [0, 0.05) is 38.5 Å². The molecular weight excluding hydrogens is 232 g/mol. The van der Waals surface area contributed by atoms with Crippen molar-refractivity contribution in [2.45, 2.75) is 6.54 Å². The Morgan fingerprint density at radius 2 is 2.17 bits per heavy atom. The van der Waals surface area contributed by atoms with E-state index in [-0.39, 0.29) is 10.6 Å².